The van der Waals surface area contributed by atoms with Crippen LogP contribution in [0.4, 0.5) is 0 Å². The topological polar surface area (TPSA) is 82.1 Å². The molecule has 1 aromatic rings. The van der Waals surface area contributed by atoms with Crippen LogP contribution in [0.15, 0.2) is 41.8 Å². The number of hydrogen-bond donors (Lipinski definition) is 0. The number of ether oxygens (including phenoxy) is 3. The Bertz CT molecular complexity index is 788. The first-order valence-corrected chi connectivity index (χ1v) is 9.79. The number of benzene rings is 1. The van der Waals surface area contributed by atoms with Crippen molar-refractivity contribution in [1.29, 1.82) is 0 Å². The predicted molar refractivity (Wildman–Crippen MR) is 93.8 cm³/mol. The third kappa shape index (κ3) is 3.35. The van der Waals surface area contributed by atoms with E-state index in [0.717, 1.165) is 5.56 Å². The molecule has 0 bridgehead atoms. The van der Waals surface area contributed by atoms with Crippen molar-refractivity contribution in [2.75, 3.05) is 6.54 Å². The molecule has 0 unspecified atom stereocenters. The Morgan fingerprint density at radius 3 is 2.46 bits per heavy atom. The molecule has 2 aliphatic heterocycles. The summed E-state index contributed by atoms with van der Waals surface area (Å²) in [5.41, 5.74) is 0.948. The van der Waals surface area contributed by atoms with Crippen LogP contribution >= 0.6 is 0 Å². The van der Waals surface area contributed by atoms with E-state index in [2.05, 4.69) is 6.58 Å². The second kappa shape index (κ2) is 6.86. The molecule has 2 aliphatic rings. The third-order valence-electron chi connectivity index (χ3n) is 4.46. The Morgan fingerprint density at radius 2 is 1.88 bits per heavy atom. The molecule has 0 saturated carbocycles. The summed E-state index contributed by atoms with van der Waals surface area (Å²) in [4.78, 5) is 11.7. The Balaban J connectivity index is 2.01. The van der Waals surface area contributed by atoms with E-state index in [1.54, 1.807) is 38.1 Å². The molecule has 8 heteroatoms. The Hall–Kier alpha value is -1.58. The van der Waals surface area contributed by atoms with E-state index < -0.39 is 40.4 Å². The van der Waals surface area contributed by atoms with Crippen LogP contribution in [0.3, 0.4) is 0 Å². The normalized spacial score (nSPS) is 30.3. The van der Waals surface area contributed by atoms with Gasteiger partial charge < -0.3 is 19.0 Å². The lowest BCUT2D eigenvalue weighted by molar-refractivity contribution is -0.207. The number of aryl methyl sites for hydroxylation is 1. The number of aldehydes is 1. The van der Waals surface area contributed by atoms with Crippen LogP contribution in [0, 0.1) is 6.92 Å². The highest BCUT2D eigenvalue weighted by molar-refractivity contribution is 7.89. The zero-order chi connectivity index (χ0) is 19.1. The van der Waals surface area contributed by atoms with Crippen molar-refractivity contribution < 1.29 is 27.4 Å². The molecule has 4 atom stereocenters. The van der Waals surface area contributed by atoms with E-state index >= 15 is 0 Å². The molecule has 1 aromatic carbocycles. The van der Waals surface area contributed by atoms with Gasteiger partial charge in [-0.2, -0.15) is 4.31 Å². The molecule has 2 saturated heterocycles. The van der Waals surface area contributed by atoms with Crippen molar-refractivity contribution in [3.8, 4) is 0 Å². The number of sulfonamides is 1. The van der Waals surface area contributed by atoms with Gasteiger partial charge in [0.05, 0.1) is 10.9 Å². The highest BCUT2D eigenvalue weighted by Gasteiger charge is 2.58. The summed E-state index contributed by atoms with van der Waals surface area (Å²) in [5.74, 6) is -0.922. The van der Waals surface area contributed by atoms with Crippen molar-refractivity contribution in [2.24, 2.45) is 0 Å². The molecule has 0 amide bonds. The minimum Gasteiger partial charge on any atom is -0.340 e. The number of carbonyl (C=O) groups excluding carboxylic acids is 1. The maximum Gasteiger partial charge on any atom is 0.243 e. The van der Waals surface area contributed by atoms with E-state index in [1.807, 2.05) is 6.92 Å². The number of nitrogens with zero attached hydrogens (tertiary/aromatic N) is 1. The van der Waals surface area contributed by atoms with Crippen LogP contribution in [0.2, 0.25) is 0 Å². The van der Waals surface area contributed by atoms with Gasteiger partial charge in [-0.05, 0) is 32.9 Å². The zero-order valence-corrected chi connectivity index (χ0v) is 15.8. The average Bonchev–Trinajstić information content (AvgIpc) is 3.04. The number of hydrogen-bond acceptors (Lipinski definition) is 6. The summed E-state index contributed by atoms with van der Waals surface area (Å²) in [5, 5.41) is 0. The molecular formula is C18H23NO6S. The minimum atomic E-state index is -3.89. The smallest absolute Gasteiger partial charge is 0.243 e. The van der Waals surface area contributed by atoms with Gasteiger partial charge in [0.2, 0.25) is 10.0 Å². The highest BCUT2D eigenvalue weighted by atomic mass is 32.2. The quantitative estimate of drug-likeness (QED) is 0.550. The van der Waals surface area contributed by atoms with Crippen LogP contribution in [0.25, 0.3) is 0 Å². The van der Waals surface area contributed by atoms with Gasteiger partial charge in [0, 0.05) is 6.54 Å². The third-order valence-corrected chi connectivity index (χ3v) is 6.33. The van der Waals surface area contributed by atoms with Crippen molar-refractivity contribution >= 4 is 16.3 Å². The first-order valence-electron chi connectivity index (χ1n) is 8.35. The molecular weight excluding hydrogens is 358 g/mol. The van der Waals surface area contributed by atoms with Crippen molar-refractivity contribution in [1.82, 2.24) is 4.31 Å². The molecule has 2 fully saturated rings. The fourth-order valence-electron chi connectivity index (χ4n) is 3.31. The Labute approximate surface area is 153 Å². The standard InChI is InChI=1S/C18H23NO6S/c1-5-10-19(26(21,22)13-8-6-12(2)7-9-13)15-14(11-20)23-17-16(15)24-18(3,4)25-17/h5-9,11,14-17H,1,10H2,2-4H3/t14-,15-,16-,17-/m1/s1. The van der Waals surface area contributed by atoms with Crippen molar-refractivity contribution in [2.45, 2.75) is 56.0 Å². The Kier molecular flexibility index (Phi) is 5.06. The fourth-order valence-corrected chi connectivity index (χ4v) is 4.92. The molecule has 3 rings (SSSR count). The lowest BCUT2D eigenvalue weighted by atomic mass is 10.1. The molecule has 0 aromatic heterocycles. The molecule has 0 aliphatic carbocycles. The lowest BCUT2D eigenvalue weighted by Gasteiger charge is -2.32. The monoisotopic (exact) mass is 381 g/mol. The van der Waals surface area contributed by atoms with Crippen molar-refractivity contribution in [3.63, 3.8) is 0 Å². The van der Waals surface area contributed by atoms with Gasteiger partial charge in [-0.15, -0.1) is 6.58 Å². The fraction of sp³-hybridized carbons (Fsp3) is 0.500. The average molecular weight is 381 g/mol. The summed E-state index contributed by atoms with van der Waals surface area (Å²) >= 11 is 0. The van der Waals surface area contributed by atoms with Crippen LogP contribution in [0.1, 0.15) is 19.4 Å². The van der Waals surface area contributed by atoms with Gasteiger partial charge in [0.25, 0.3) is 0 Å². The largest absolute Gasteiger partial charge is 0.340 e. The zero-order valence-electron chi connectivity index (χ0n) is 15.0. The summed E-state index contributed by atoms with van der Waals surface area (Å²) in [6.45, 7) is 8.98. The van der Waals surface area contributed by atoms with Crippen LogP contribution in [-0.4, -0.2) is 55.9 Å². The van der Waals surface area contributed by atoms with Gasteiger partial charge in [-0.1, -0.05) is 23.8 Å². The number of rotatable bonds is 6. The molecule has 0 N–H and O–H groups in total. The second-order valence-electron chi connectivity index (χ2n) is 6.87. The second-order valence-corrected chi connectivity index (χ2v) is 8.76. The van der Waals surface area contributed by atoms with E-state index in [9.17, 15) is 13.2 Å². The predicted octanol–water partition coefficient (Wildman–Crippen LogP) is 1.62. The number of carbonyl (C=O) groups is 1. The summed E-state index contributed by atoms with van der Waals surface area (Å²) in [7, 11) is -3.89. The first kappa shape index (κ1) is 19.2. The molecule has 142 valence electrons. The van der Waals surface area contributed by atoms with E-state index in [-0.39, 0.29) is 11.4 Å². The summed E-state index contributed by atoms with van der Waals surface area (Å²) in [6, 6.07) is 5.69. The Morgan fingerprint density at radius 1 is 1.23 bits per heavy atom. The minimum absolute atomic E-state index is 0.0155. The summed E-state index contributed by atoms with van der Waals surface area (Å²) < 4.78 is 44.8. The first-order chi connectivity index (χ1) is 12.2. The maximum absolute atomic E-state index is 13.2. The van der Waals surface area contributed by atoms with Gasteiger partial charge in [-0.25, -0.2) is 8.42 Å². The lowest BCUT2D eigenvalue weighted by Crippen LogP contribution is -2.51. The number of fused-ring (bicyclic) bond motifs is 1. The maximum atomic E-state index is 13.2. The van der Waals surface area contributed by atoms with Gasteiger partial charge in [-0.3, -0.25) is 0 Å². The van der Waals surface area contributed by atoms with E-state index in [4.69, 9.17) is 14.2 Å². The van der Waals surface area contributed by atoms with Crippen LogP contribution in [0.5, 0.6) is 0 Å². The van der Waals surface area contributed by atoms with Gasteiger partial charge >= 0.3 is 0 Å². The molecule has 2 heterocycles. The van der Waals surface area contributed by atoms with Gasteiger partial charge in [0.15, 0.2) is 18.4 Å². The molecule has 26 heavy (non-hydrogen) atoms. The summed E-state index contributed by atoms with van der Waals surface area (Å²) in [6.07, 6.45) is -0.432. The molecule has 0 spiro atoms. The SMILES string of the molecule is C=CCN([C@H]1[C@H]2OC(C)(C)O[C@H]2O[C@@H]1C=O)S(=O)(=O)c1ccc(C)cc1. The van der Waals surface area contributed by atoms with E-state index in [0.29, 0.717) is 6.29 Å². The van der Waals surface area contributed by atoms with Crippen LogP contribution < -0.4 is 0 Å². The van der Waals surface area contributed by atoms with E-state index in [1.165, 1.54) is 10.4 Å². The van der Waals surface area contributed by atoms with Crippen molar-refractivity contribution in [3.05, 3.63) is 42.5 Å². The van der Waals surface area contributed by atoms with Crippen LogP contribution in [-0.2, 0) is 29.0 Å². The van der Waals surface area contributed by atoms with Gasteiger partial charge in [0.1, 0.15) is 12.2 Å². The molecule has 7 nitrogen and oxygen atoms in total. The molecule has 0 radical (unpaired) electrons. The highest BCUT2D eigenvalue weighted by Crippen LogP contribution is 2.40.